The minimum atomic E-state index is -0.261. The highest BCUT2D eigenvalue weighted by atomic mass is 16.5. The van der Waals surface area contributed by atoms with Crippen molar-refractivity contribution >= 4 is 11.6 Å². The number of ether oxygens (including phenoxy) is 1. The van der Waals surface area contributed by atoms with Gasteiger partial charge in [0.2, 0.25) is 0 Å². The maximum Gasteiger partial charge on any atom is 0.262 e. The lowest BCUT2D eigenvalue weighted by Crippen LogP contribution is -2.20. The van der Waals surface area contributed by atoms with Crippen LogP contribution in [-0.4, -0.2) is 17.6 Å². The van der Waals surface area contributed by atoms with Gasteiger partial charge in [0.1, 0.15) is 11.5 Å². The molecule has 4 heteroatoms. The number of hydrogen-bond donors (Lipinski definition) is 2. The second-order valence-electron chi connectivity index (χ2n) is 5.25. The van der Waals surface area contributed by atoms with Crippen molar-refractivity contribution in [3.63, 3.8) is 0 Å². The van der Waals surface area contributed by atoms with Gasteiger partial charge in [-0.3, -0.25) is 4.79 Å². The summed E-state index contributed by atoms with van der Waals surface area (Å²) in [5.41, 5.74) is 2.58. The van der Waals surface area contributed by atoms with Gasteiger partial charge in [0, 0.05) is 11.3 Å². The molecule has 0 bridgehead atoms. The van der Waals surface area contributed by atoms with Crippen molar-refractivity contribution in [2.24, 2.45) is 0 Å². The van der Waals surface area contributed by atoms with Crippen LogP contribution in [-0.2, 0) is 4.79 Å². The van der Waals surface area contributed by atoms with Gasteiger partial charge in [-0.15, -0.1) is 0 Å². The van der Waals surface area contributed by atoms with Gasteiger partial charge in [-0.05, 0) is 35.9 Å². The maximum atomic E-state index is 12.0. The molecular formula is C20H17NO3. The fraction of sp³-hybridized carbons (Fsp3) is 0.0500. The Kier molecular flexibility index (Phi) is 4.77. The molecule has 120 valence electrons. The maximum absolute atomic E-state index is 12.0. The molecule has 0 aliphatic heterocycles. The first kappa shape index (κ1) is 15.6. The predicted molar refractivity (Wildman–Crippen MR) is 94.1 cm³/mol. The van der Waals surface area contributed by atoms with Crippen LogP contribution in [0.1, 0.15) is 0 Å². The number of hydrogen-bond acceptors (Lipinski definition) is 3. The molecule has 0 fully saturated rings. The van der Waals surface area contributed by atoms with E-state index in [0.717, 1.165) is 11.1 Å². The zero-order chi connectivity index (χ0) is 16.8. The highest BCUT2D eigenvalue weighted by Gasteiger charge is 2.08. The Hall–Kier alpha value is -3.27. The van der Waals surface area contributed by atoms with Crippen LogP contribution < -0.4 is 10.1 Å². The van der Waals surface area contributed by atoms with Crippen LogP contribution in [0.25, 0.3) is 11.1 Å². The summed E-state index contributed by atoms with van der Waals surface area (Å²) in [6, 6.07) is 23.8. The van der Waals surface area contributed by atoms with E-state index in [4.69, 9.17) is 4.74 Å². The number of carbonyl (C=O) groups excluding carboxylic acids is 1. The molecule has 0 aliphatic carbocycles. The van der Waals surface area contributed by atoms with E-state index in [-0.39, 0.29) is 18.3 Å². The number of benzene rings is 3. The summed E-state index contributed by atoms with van der Waals surface area (Å²) in [4.78, 5) is 12.0. The molecule has 0 heterocycles. The number of anilines is 1. The molecule has 3 aromatic carbocycles. The number of rotatable bonds is 5. The number of carbonyl (C=O) groups is 1. The van der Waals surface area contributed by atoms with Crippen LogP contribution in [0, 0.1) is 0 Å². The molecule has 3 aromatic rings. The van der Waals surface area contributed by atoms with Crippen LogP contribution in [0.2, 0.25) is 0 Å². The first-order valence-corrected chi connectivity index (χ1v) is 7.58. The van der Waals surface area contributed by atoms with Crippen LogP contribution in [0.4, 0.5) is 5.69 Å². The molecule has 0 aromatic heterocycles. The lowest BCUT2D eigenvalue weighted by Gasteiger charge is -2.12. The number of phenols is 1. The highest BCUT2D eigenvalue weighted by Crippen LogP contribution is 2.29. The number of amides is 1. The number of aromatic hydroxyl groups is 1. The summed E-state index contributed by atoms with van der Waals surface area (Å²) < 4.78 is 5.69. The Bertz CT molecular complexity index is 814. The topological polar surface area (TPSA) is 58.6 Å². The largest absolute Gasteiger partial charge is 0.508 e. The fourth-order valence-electron chi connectivity index (χ4n) is 2.33. The summed E-state index contributed by atoms with van der Waals surface area (Å²) in [5, 5.41) is 12.0. The summed E-state index contributed by atoms with van der Waals surface area (Å²) in [6.45, 7) is -0.0925. The van der Waals surface area contributed by atoms with Crippen LogP contribution in [0.5, 0.6) is 11.5 Å². The fourth-order valence-corrected chi connectivity index (χ4v) is 2.33. The van der Waals surface area contributed by atoms with Crippen LogP contribution in [0.15, 0.2) is 78.9 Å². The summed E-state index contributed by atoms with van der Waals surface area (Å²) in [6.07, 6.45) is 0. The SMILES string of the molecule is O=C(COc1ccccc1-c1ccccc1)Nc1ccc(O)cc1. The van der Waals surface area contributed by atoms with E-state index in [1.54, 1.807) is 12.1 Å². The number of phenolic OH excluding ortho intramolecular Hbond substituents is 1. The first-order valence-electron chi connectivity index (χ1n) is 7.58. The zero-order valence-corrected chi connectivity index (χ0v) is 13.0. The van der Waals surface area contributed by atoms with E-state index in [2.05, 4.69) is 5.32 Å². The monoisotopic (exact) mass is 319 g/mol. The van der Waals surface area contributed by atoms with Gasteiger partial charge in [-0.25, -0.2) is 0 Å². The Balaban J connectivity index is 1.66. The Morgan fingerprint density at radius 2 is 1.54 bits per heavy atom. The third-order valence-electron chi connectivity index (χ3n) is 3.48. The van der Waals surface area contributed by atoms with Crippen LogP contribution >= 0.6 is 0 Å². The summed E-state index contributed by atoms with van der Waals surface area (Å²) in [7, 11) is 0. The smallest absolute Gasteiger partial charge is 0.262 e. The van der Waals surface area contributed by atoms with E-state index >= 15 is 0 Å². The lowest BCUT2D eigenvalue weighted by molar-refractivity contribution is -0.118. The molecule has 4 nitrogen and oxygen atoms in total. The van der Waals surface area contributed by atoms with E-state index < -0.39 is 0 Å². The summed E-state index contributed by atoms with van der Waals surface area (Å²) in [5.74, 6) is 0.550. The normalized spacial score (nSPS) is 10.2. The van der Waals surface area contributed by atoms with E-state index in [1.807, 2.05) is 54.6 Å². The van der Waals surface area contributed by atoms with Gasteiger partial charge < -0.3 is 15.2 Å². The molecule has 0 radical (unpaired) electrons. The van der Waals surface area contributed by atoms with Gasteiger partial charge in [0.15, 0.2) is 6.61 Å². The van der Waals surface area contributed by atoms with Gasteiger partial charge in [0.25, 0.3) is 5.91 Å². The van der Waals surface area contributed by atoms with E-state index in [1.165, 1.54) is 12.1 Å². The third-order valence-corrected chi connectivity index (χ3v) is 3.48. The molecule has 2 N–H and O–H groups in total. The second-order valence-corrected chi connectivity index (χ2v) is 5.25. The molecular weight excluding hydrogens is 302 g/mol. The second kappa shape index (κ2) is 7.33. The average Bonchev–Trinajstić information content (AvgIpc) is 2.63. The van der Waals surface area contributed by atoms with E-state index in [0.29, 0.717) is 11.4 Å². The minimum absolute atomic E-state index is 0.0925. The van der Waals surface area contributed by atoms with Crippen molar-refractivity contribution in [1.29, 1.82) is 0 Å². The van der Waals surface area contributed by atoms with Crippen molar-refractivity contribution in [3.8, 4) is 22.6 Å². The number of nitrogens with one attached hydrogen (secondary N) is 1. The Morgan fingerprint density at radius 1 is 0.875 bits per heavy atom. The van der Waals surface area contributed by atoms with Crippen molar-refractivity contribution in [1.82, 2.24) is 0 Å². The Labute approximate surface area is 140 Å². The van der Waals surface area contributed by atoms with Crippen molar-refractivity contribution in [2.45, 2.75) is 0 Å². The molecule has 0 saturated carbocycles. The molecule has 0 atom stereocenters. The first-order chi connectivity index (χ1) is 11.7. The molecule has 0 saturated heterocycles. The predicted octanol–water partition coefficient (Wildman–Crippen LogP) is 4.08. The molecule has 24 heavy (non-hydrogen) atoms. The van der Waals surface area contributed by atoms with Crippen molar-refractivity contribution < 1.29 is 14.6 Å². The van der Waals surface area contributed by atoms with Crippen LogP contribution in [0.3, 0.4) is 0 Å². The Morgan fingerprint density at radius 3 is 2.29 bits per heavy atom. The third kappa shape index (κ3) is 3.93. The van der Waals surface area contributed by atoms with Gasteiger partial charge >= 0.3 is 0 Å². The molecule has 1 amide bonds. The minimum Gasteiger partial charge on any atom is -0.508 e. The van der Waals surface area contributed by atoms with E-state index in [9.17, 15) is 9.90 Å². The molecule has 0 spiro atoms. The average molecular weight is 319 g/mol. The molecule has 0 unspecified atom stereocenters. The van der Waals surface area contributed by atoms with Gasteiger partial charge in [0.05, 0.1) is 0 Å². The van der Waals surface area contributed by atoms with Gasteiger partial charge in [-0.1, -0.05) is 48.5 Å². The number of para-hydroxylation sites is 1. The lowest BCUT2D eigenvalue weighted by atomic mass is 10.1. The highest BCUT2D eigenvalue weighted by molar-refractivity contribution is 5.92. The molecule has 3 rings (SSSR count). The molecule has 0 aliphatic rings. The standard InChI is InChI=1S/C20H17NO3/c22-17-12-10-16(11-13-17)21-20(23)14-24-19-9-5-4-8-18(19)15-6-2-1-3-7-15/h1-13,22H,14H2,(H,21,23). The quantitative estimate of drug-likeness (QED) is 0.697. The van der Waals surface area contributed by atoms with Gasteiger partial charge in [-0.2, -0.15) is 0 Å². The van der Waals surface area contributed by atoms with Crippen molar-refractivity contribution in [3.05, 3.63) is 78.9 Å². The summed E-state index contributed by atoms with van der Waals surface area (Å²) >= 11 is 0. The van der Waals surface area contributed by atoms with Crippen molar-refractivity contribution in [2.75, 3.05) is 11.9 Å². The zero-order valence-electron chi connectivity index (χ0n) is 13.0.